The second kappa shape index (κ2) is 15.0. The Balaban J connectivity index is 1.02. The summed E-state index contributed by atoms with van der Waals surface area (Å²) in [5.74, 6) is -0.572. The number of anilines is 3. The van der Waals surface area contributed by atoms with Gasteiger partial charge in [0.1, 0.15) is 5.75 Å². The molecule has 0 bridgehead atoms. The summed E-state index contributed by atoms with van der Waals surface area (Å²) < 4.78 is 7.90. The Hall–Kier alpha value is -6.07. The van der Waals surface area contributed by atoms with Crippen molar-refractivity contribution in [2.45, 2.75) is 38.0 Å². The third-order valence-electron chi connectivity index (χ3n) is 10.3. The first-order valence-corrected chi connectivity index (χ1v) is 18.5. The summed E-state index contributed by atoms with van der Waals surface area (Å²) in [6, 6.07) is 36.8. The van der Waals surface area contributed by atoms with Crippen molar-refractivity contribution in [2.24, 2.45) is 5.92 Å². The number of allylic oxidation sites excluding steroid dienone is 1. The molecule has 3 atom stereocenters. The van der Waals surface area contributed by atoms with E-state index in [0.29, 0.717) is 63.4 Å². The van der Waals surface area contributed by atoms with Gasteiger partial charge in [-0.05, 0) is 72.1 Å². The number of aryl methyl sites for hydroxylation is 1. The Morgan fingerprint density at radius 3 is 2.45 bits per heavy atom. The first-order valence-electron chi connectivity index (χ1n) is 18.1. The zero-order valence-electron chi connectivity index (χ0n) is 30.0. The molecule has 0 fully saturated rings. The summed E-state index contributed by atoms with van der Waals surface area (Å²) in [5, 5.41) is 31.3. The van der Waals surface area contributed by atoms with Crippen molar-refractivity contribution >= 4 is 40.5 Å². The molecule has 2 aliphatic heterocycles. The quantitative estimate of drug-likeness (QED) is 0.128. The number of halogens is 1. The molecule has 3 heterocycles. The van der Waals surface area contributed by atoms with E-state index in [1.165, 1.54) is 0 Å². The van der Waals surface area contributed by atoms with Gasteiger partial charge >= 0.3 is 0 Å². The number of carbonyl (C=O) groups is 2. The van der Waals surface area contributed by atoms with Crippen LogP contribution in [0, 0.1) is 5.92 Å². The molecule has 2 N–H and O–H groups in total. The van der Waals surface area contributed by atoms with Crippen molar-refractivity contribution in [3.05, 3.63) is 173 Å². The van der Waals surface area contributed by atoms with E-state index in [1.807, 2.05) is 110 Å². The number of hydrogen-bond acceptors (Lipinski definition) is 7. The van der Waals surface area contributed by atoms with Crippen molar-refractivity contribution in [1.82, 2.24) is 15.0 Å². The minimum absolute atomic E-state index is 0.0855. The molecule has 55 heavy (non-hydrogen) atoms. The molecule has 8 rings (SSSR count). The molecule has 5 aromatic carbocycles. The molecule has 11 heteroatoms. The minimum Gasteiger partial charge on any atom is -0.454 e. The fraction of sp³-hybridized carbons (Fsp3) is 0.182. The molecular formula is C44H38ClN5O5. The predicted molar refractivity (Wildman–Crippen MR) is 211 cm³/mol. The number of nitrogens with zero attached hydrogens (tertiary/aromatic N) is 5. The Kier molecular flexibility index (Phi) is 9.79. The van der Waals surface area contributed by atoms with Crippen LogP contribution in [-0.2, 0) is 23.5 Å². The van der Waals surface area contributed by atoms with Gasteiger partial charge in [-0.1, -0.05) is 103 Å². The number of hydrogen-bond donors (Lipinski definition) is 2. The standard InChI is InChI=1S/C44H38ClN5O5/c1-29(12-9-10-23-48-27-37(46-47-48)35(28-51)31-14-3-2-4-15-31)44(54)36-25-32(45)21-22-38(36)49(43(44)53)26-30-13-11-16-33(24-30)50-39-18-6-8-20-41(39)55-40-19-7-5-17-34(40)42(50)52/h2-9,11-22,24-25,27,29,35,51,54H,10,23,26,28H2,1H3/b12-9+/t29-,35?,44+/m0/s1. The minimum atomic E-state index is -1.88. The van der Waals surface area contributed by atoms with Crippen LogP contribution < -0.4 is 14.5 Å². The van der Waals surface area contributed by atoms with Gasteiger partial charge in [0.2, 0.25) is 0 Å². The average Bonchev–Trinajstić information content (AvgIpc) is 3.71. The van der Waals surface area contributed by atoms with Gasteiger partial charge in [0.15, 0.2) is 11.4 Å². The Bertz CT molecular complexity index is 2420. The zero-order valence-corrected chi connectivity index (χ0v) is 30.8. The van der Waals surface area contributed by atoms with Crippen LogP contribution in [0.3, 0.4) is 0 Å². The average molecular weight is 752 g/mol. The van der Waals surface area contributed by atoms with E-state index in [9.17, 15) is 19.8 Å². The number of rotatable bonds is 11. The lowest BCUT2D eigenvalue weighted by Crippen LogP contribution is -2.44. The fourth-order valence-corrected chi connectivity index (χ4v) is 7.57. The summed E-state index contributed by atoms with van der Waals surface area (Å²) >= 11 is 6.45. The Morgan fingerprint density at radius 1 is 0.873 bits per heavy atom. The Labute approximate surface area is 323 Å². The normalized spacial score (nSPS) is 17.4. The van der Waals surface area contributed by atoms with Crippen LogP contribution in [0.1, 0.15) is 52.0 Å². The van der Waals surface area contributed by atoms with Crippen LogP contribution in [0.5, 0.6) is 11.5 Å². The predicted octanol–water partition coefficient (Wildman–Crippen LogP) is 8.16. The van der Waals surface area contributed by atoms with Crippen molar-refractivity contribution < 1.29 is 24.5 Å². The smallest absolute Gasteiger partial charge is 0.266 e. The maximum atomic E-state index is 14.4. The molecule has 0 spiro atoms. The number of benzene rings is 5. The SMILES string of the molecule is C[C@@H](/C=C/CCn1cc(C(CO)c2ccccc2)nn1)[C@]1(O)C(=O)N(Cc2cccc(N3C(=O)c4ccccc4Oc4ccccc43)c2)c2ccc(Cl)cc21. The molecular weight excluding hydrogens is 714 g/mol. The van der Waals surface area contributed by atoms with Gasteiger partial charge in [-0.15, -0.1) is 5.10 Å². The van der Waals surface area contributed by atoms with Crippen LogP contribution in [-0.4, -0.2) is 43.6 Å². The van der Waals surface area contributed by atoms with Crippen molar-refractivity contribution in [2.75, 3.05) is 16.4 Å². The van der Waals surface area contributed by atoms with Crippen LogP contribution in [0.4, 0.5) is 17.1 Å². The number of ether oxygens (including phenoxy) is 1. The molecule has 0 saturated heterocycles. The van der Waals surface area contributed by atoms with Crippen molar-refractivity contribution in [3.8, 4) is 11.5 Å². The maximum absolute atomic E-state index is 14.4. The molecule has 2 aliphatic rings. The van der Waals surface area contributed by atoms with Gasteiger partial charge in [0, 0.05) is 34.9 Å². The number of amides is 2. The Morgan fingerprint density at radius 2 is 1.64 bits per heavy atom. The third-order valence-corrected chi connectivity index (χ3v) is 10.5. The lowest BCUT2D eigenvalue weighted by Gasteiger charge is -2.28. The second-order valence-electron chi connectivity index (χ2n) is 13.8. The number of aromatic nitrogens is 3. The number of carbonyl (C=O) groups excluding carboxylic acids is 2. The summed E-state index contributed by atoms with van der Waals surface area (Å²) in [7, 11) is 0. The molecule has 0 saturated carbocycles. The first-order chi connectivity index (χ1) is 26.8. The molecule has 1 unspecified atom stereocenters. The number of aliphatic hydroxyl groups excluding tert-OH is 1. The highest BCUT2D eigenvalue weighted by atomic mass is 35.5. The lowest BCUT2D eigenvalue weighted by atomic mass is 9.83. The van der Waals surface area contributed by atoms with E-state index in [2.05, 4.69) is 10.3 Å². The molecule has 2 amide bonds. The summed E-state index contributed by atoms with van der Waals surface area (Å²) in [4.78, 5) is 31.6. The molecule has 0 aliphatic carbocycles. The van der Waals surface area contributed by atoms with E-state index < -0.39 is 17.4 Å². The van der Waals surface area contributed by atoms with Gasteiger partial charge in [-0.3, -0.25) is 19.2 Å². The van der Waals surface area contributed by atoms with E-state index in [-0.39, 0.29) is 25.0 Å². The van der Waals surface area contributed by atoms with Gasteiger partial charge in [0.05, 0.1) is 41.7 Å². The van der Waals surface area contributed by atoms with Crippen molar-refractivity contribution in [3.63, 3.8) is 0 Å². The highest BCUT2D eigenvalue weighted by Gasteiger charge is 2.52. The first kappa shape index (κ1) is 35.9. The maximum Gasteiger partial charge on any atom is 0.266 e. The monoisotopic (exact) mass is 751 g/mol. The summed E-state index contributed by atoms with van der Waals surface area (Å²) in [6.07, 6.45) is 6.16. The third kappa shape index (κ3) is 6.69. The number of para-hydroxylation sites is 3. The van der Waals surface area contributed by atoms with Gasteiger partial charge in [-0.2, -0.15) is 0 Å². The highest BCUT2D eigenvalue weighted by Crippen LogP contribution is 2.47. The van der Waals surface area contributed by atoms with Crippen LogP contribution in [0.15, 0.2) is 140 Å². The van der Waals surface area contributed by atoms with Crippen LogP contribution >= 0.6 is 11.6 Å². The fourth-order valence-electron chi connectivity index (χ4n) is 7.40. The van der Waals surface area contributed by atoms with Crippen molar-refractivity contribution in [1.29, 1.82) is 0 Å². The molecule has 1 aromatic heterocycles. The zero-order chi connectivity index (χ0) is 38.1. The topological polar surface area (TPSA) is 121 Å². The van der Waals surface area contributed by atoms with Gasteiger partial charge < -0.3 is 19.8 Å². The second-order valence-corrected chi connectivity index (χ2v) is 14.2. The number of aliphatic hydroxyl groups is 2. The summed E-state index contributed by atoms with van der Waals surface area (Å²) in [5.41, 5.74) is 3.15. The molecule has 276 valence electrons. The highest BCUT2D eigenvalue weighted by molar-refractivity contribution is 6.31. The van der Waals surface area contributed by atoms with E-state index in [4.69, 9.17) is 16.3 Å². The van der Waals surface area contributed by atoms with Gasteiger partial charge in [-0.25, -0.2) is 0 Å². The van der Waals surface area contributed by atoms with E-state index in [1.54, 1.807) is 50.9 Å². The molecule has 6 aromatic rings. The molecule has 10 nitrogen and oxygen atoms in total. The molecule has 0 radical (unpaired) electrons. The van der Waals surface area contributed by atoms with Crippen LogP contribution in [0.25, 0.3) is 0 Å². The largest absolute Gasteiger partial charge is 0.454 e. The summed E-state index contributed by atoms with van der Waals surface area (Å²) in [6.45, 7) is 2.38. The van der Waals surface area contributed by atoms with Crippen LogP contribution in [0.2, 0.25) is 5.02 Å². The van der Waals surface area contributed by atoms with E-state index >= 15 is 0 Å². The lowest BCUT2D eigenvalue weighted by molar-refractivity contribution is -0.139. The number of fused-ring (bicyclic) bond motifs is 3. The van der Waals surface area contributed by atoms with E-state index in [0.717, 1.165) is 11.1 Å². The van der Waals surface area contributed by atoms with Gasteiger partial charge in [0.25, 0.3) is 11.8 Å².